The molecule has 1 N–H and O–H groups in total. The normalized spacial score (nSPS) is 15.6. The van der Waals surface area contributed by atoms with Gasteiger partial charge >= 0.3 is 39.3 Å². The summed E-state index contributed by atoms with van der Waals surface area (Å²) < 4.78 is 108. The number of ether oxygens (including phenoxy) is 5. The third kappa shape index (κ3) is 21.0. The van der Waals surface area contributed by atoms with Crippen LogP contribution in [-0.2, 0) is 63.4 Å². The number of aromatic nitrogens is 2. The van der Waals surface area contributed by atoms with Crippen molar-refractivity contribution in [2.45, 2.75) is 87.0 Å². The maximum atomic E-state index is 14.6. The molecular weight excluding hydrogens is 1540 g/mol. The monoisotopic (exact) mass is 1640 g/mol. The molecule has 4 atom stereocenters. The minimum Gasteiger partial charge on any atom is -0.505 e. The lowest BCUT2D eigenvalue weighted by Gasteiger charge is -2.34. The predicted octanol–water partition coefficient (Wildman–Crippen LogP) is 15.9. The Balaban J connectivity index is 0.000000232. The lowest BCUT2D eigenvalue weighted by Crippen LogP contribution is -2.50. The lowest BCUT2D eigenvalue weighted by atomic mass is 9.99. The Bertz CT molecular complexity index is 5190. The fourth-order valence-corrected chi connectivity index (χ4v) is 17.4. The van der Waals surface area contributed by atoms with Crippen LogP contribution in [0.25, 0.3) is 21.8 Å². The van der Waals surface area contributed by atoms with Crippen LogP contribution in [0.4, 0.5) is 18.4 Å². The number of pyridine rings is 2. The number of carbonyl (C=O) groups excluding carboxylic acids is 6. The Morgan fingerprint density at radius 2 is 0.855 bits per heavy atom. The van der Waals surface area contributed by atoms with E-state index in [1.54, 1.807) is 139 Å². The lowest BCUT2D eigenvalue weighted by molar-refractivity contribution is -0.151. The zero-order valence-corrected chi connectivity index (χ0v) is 65.5. The third-order valence-corrected chi connectivity index (χ3v) is 23.5. The minimum absolute atomic E-state index is 0. The second kappa shape index (κ2) is 39.3. The van der Waals surface area contributed by atoms with Gasteiger partial charge < -0.3 is 57.4 Å². The van der Waals surface area contributed by atoms with Crippen molar-refractivity contribution in [3.05, 3.63) is 263 Å². The zero-order chi connectivity index (χ0) is 80.8. The van der Waals surface area contributed by atoms with Gasteiger partial charge in [-0.1, -0.05) is 136 Å². The minimum atomic E-state index is -3.85. The van der Waals surface area contributed by atoms with Crippen molar-refractivity contribution in [2.75, 3.05) is 91.0 Å². The van der Waals surface area contributed by atoms with Crippen LogP contribution >= 0.6 is 15.2 Å². The smallest absolute Gasteiger partial charge is 0.415 e. The molecule has 10 aromatic rings. The van der Waals surface area contributed by atoms with Crippen LogP contribution < -0.4 is 23.3 Å². The zero-order valence-electron chi connectivity index (χ0n) is 63.7. The van der Waals surface area contributed by atoms with Crippen molar-refractivity contribution < 1.29 is 93.6 Å². The molecule has 4 aliphatic heterocycles. The summed E-state index contributed by atoms with van der Waals surface area (Å²) >= 11 is 0. The molecule has 4 aliphatic rings. The second-order valence-corrected chi connectivity index (χ2v) is 31.7. The highest BCUT2D eigenvalue weighted by atomic mass is 31.2. The number of carbonyl (C=O) groups is 6. The van der Waals surface area contributed by atoms with Gasteiger partial charge in [-0.2, -0.15) is 0 Å². The molecule has 0 radical (unpaired) electrons. The Morgan fingerprint density at radius 3 is 1.26 bits per heavy atom. The topological polar surface area (TPSA) is 285 Å². The number of nitrogens with zero attached hydrogens (tertiary/aromatic N) is 8. The second-order valence-electron chi connectivity index (χ2n) is 27.6. The van der Waals surface area contributed by atoms with Crippen LogP contribution in [0.2, 0.25) is 0 Å². The van der Waals surface area contributed by atoms with Gasteiger partial charge in [0.25, 0.3) is 11.8 Å². The van der Waals surface area contributed by atoms with Crippen LogP contribution in [0, 0.1) is 11.6 Å². The van der Waals surface area contributed by atoms with E-state index < -0.39 is 69.4 Å². The van der Waals surface area contributed by atoms with Crippen molar-refractivity contribution in [3.8, 4) is 34.5 Å². The molecule has 6 heterocycles. The molecule has 2 fully saturated rings. The number of halogens is 2. The molecule has 2 saturated heterocycles. The molecule has 26 nitrogen and oxygen atoms in total. The Labute approximate surface area is 677 Å². The molecule has 30 heteroatoms. The summed E-state index contributed by atoms with van der Waals surface area (Å²) in [6.07, 6.45) is -1.05. The van der Waals surface area contributed by atoms with Crippen molar-refractivity contribution in [1.82, 2.24) is 39.4 Å². The van der Waals surface area contributed by atoms with Gasteiger partial charge in [-0.3, -0.25) is 38.4 Å². The maximum Gasteiger partial charge on any atom is 0.415 e. The average molecular weight is 1640 g/mol. The fraction of sp³-hybridized carbons (Fsp3) is 0.310. The van der Waals surface area contributed by atoms with E-state index in [-0.39, 0.29) is 144 Å². The van der Waals surface area contributed by atoms with Crippen LogP contribution in [-0.4, -0.2) is 184 Å². The van der Waals surface area contributed by atoms with E-state index in [0.717, 1.165) is 16.7 Å². The fourth-order valence-electron chi connectivity index (χ4n) is 13.9. The number of esters is 2. The summed E-state index contributed by atoms with van der Waals surface area (Å²) in [5.41, 5.74) is 4.70. The molecule has 0 spiro atoms. The van der Waals surface area contributed by atoms with E-state index in [9.17, 15) is 51.8 Å². The highest BCUT2D eigenvalue weighted by molar-refractivity contribution is 7.54. The SMILES string of the molecule is C.C.CCOC(=O)[C@@H](C)OP(=O)(CCN1CCN(C(=O)Oc2c3c(c(O)c4ncccc24)C(=O)N(Cc2ccc(F)cc2)C3)CC1)Oc1ccccc1.CCOC(=O)[C@@H](C)OP(=O)(CCN1CCN(C(=O)Oc2c3c(c(OC(c4ccccc4)c4ccccc4)c4ncccc24)C(=O)N(Cc2ccc(F)cc2)C3)CC1)Oc1ccccc1. The summed E-state index contributed by atoms with van der Waals surface area (Å²) in [6.45, 7) is 10.5. The molecule has 2 aromatic heterocycles. The number of fused-ring (bicyclic) bond motifs is 4. The summed E-state index contributed by atoms with van der Waals surface area (Å²) in [5, 5.41) is 12.0. The Morgan fingerprint density at radius 1 is 0.479 bits per heavy atom. The van der Waals surface area contributed by atoms with Gasteiger partial charge in [0.05, 0.1) is 49.8 Å². The number of para-hydroxylation sites is 2. The number of piperazine rings is 2. The summed E-state index contributed by atoms with van der Waals surface area (Å²) in [7, 11) is -7.66. The number of hydrogen-bond acceptors (Lipinski definition) is 22. The first kappa shape index (κ1) is 86.2. The van der Waals surface area contributed by atoms with Gasteiger partial charge in [-0.05, 0) is 123 Å². The largest absolute Gasteiger partial charge is 0.505 e. The first-order valence-electron chi connectivity index (χ1n) is 37.8. The molecule has 0 aliphatic carbocycles. The van der Waals surface area contributed by atoms with E-state index >= 15 is 0 Å². The maximum absolute atomic E-state index is 14.6. The van der Waals surface area contributed by atoms with Crippen LogP contribution in [0.15, 0.2) is 207 Å². The van der Waals surface area contributed by atoms with E-state index in [4.69, 9.17) is 46.8 Å². The Hall–Kier alpha value is -11.6. The molecule has 0 saturated carbocycles. The van der Waals surface area contributed by atoms with Gasteiger partial charge in [-0.25, -0.2) is 37.1 Å². The number of amides is 4. The number of aromatic hydroxyl groups is 1. The number of hydrogen-bond donors (Lipinski definition) is 1. The molecule has 8 aromatic carbocycles. The number of rotatable bonds is 28. The highest BCUT2D eigenvalue weighted by Crippen LogP contribution is 2.52. The Kier molecular flexibility index (Phi) is 29.0. The molecule has 614 valence electrons. The van der Waals surface area contributed by atoms with Gasteiger partial charge in [0.15, 0.2) is 23.7 Å². The van der Waals surface area contributed by atoms with E-state index in [0.29, 0.717) is 83.7 Å². The highest BCUT2D eigenvalue weighted by Gasteiger charge is 2.42. The van der Waals surface area contributed by atoms with Gasteiger partial charge in [0.1, 0.15) is 51.8 Å². The molecule has 0 bridgehead atoms. The van der Waals surface area contributed by atoms with Gasteiger partial charge in [-0.15, -0.1) is 0 Å². The molecule has 117 heavy (non-hydrogen) atoms. The van der Waals surface area contributed by atoms with E-state index in [1.165, 1.54) is 54.1 Å². The van der Waals surface area contributed by atoms with E-state index in [1.807, 2.05) is 70.5 Å². The van der Waals surface area contributed by atoms with Crippen LogP contribution in [0.5, 0.6) is 34.5 Å². The van der Waals surface area contributed by atoms with Crippen molar-refractivity contribution in [1.29, 1.82) is 0 Å². The summed E-state index contributed by atoms with van der Waals surface area (Å²) in [4.78, 5) is 99.8. The van der Waals surface area contributed by atoms with Gasteiger partial charge in [0.2, 0.25) is 0 Å². The number of phenolic OH excluding ortho intramolecular Hbond substituents is 1. The van der Waals surface area contributed by atoms with Crippen molar-refractivity contribution >= 4 is 72.9 Å². The summed E-state index contributed by atoms with van der Waals surface area (Å²) in [5.74, 6) is -1.88. The molecular formula is C87H94F2N8O18P2. The van der Waals surface area contributed by atoms with Crippen molar-refractivity contribution in [3.63, 3.8) is 0 Å². The first-order valence-corrected chi connectivity index (χ1v) is 41.3. The number of benzene rings is 8. The van der Waals surface area contributed by atoms with E-state index in [2.05, 4.69) is 4.98 Å². The standard InChI is InChI=1S/C49H48FN4O9P.C36H38FN4O9P.2CH4/c1-3-59-48(56)34(2)62-64(58,63-39-18-11-6-12-19-39)31-30-52-26-28-53(29-27-52)49(57)61-45-40-20-13-25-51-43(40)46(60-44(36-14-7-4-8-15-36)37-16-9-5-10-17-37)42-41(45)33-54(47(42)55)32-35-21-23-38(50)24-22-35;1-3-47-35(44)24(2)49-51(46,50-27-8-5-4-6-9-27)21-20-39-16-18-40(19-17-39)36(45)48-33-28-10-7-15-38-31(28)32(42)30-29(33)23-41(34(30)43)22-25-11-13-26(37)14-12-25;;/h4-25,34,44H,3,26-33H2,1-2H3;4-15,24,42H,3,16-23H2,1-2H3;2*1H4/t34-,64?;24-,51?;;/m11../s1. The number of phenols is 1. The molecule has 2 unspecified atom stereocenters. The quantitative estimate of drug-likeness (QED) is 0.0352. The first-order chi connectivity index (χ1) is 55.6. The van der Waals surface area contributed by atoms with Crippen molar-refractivity contribution in [2.24, 2.45) is 0 Å². The molecule has 14 rings (SSSR count). The van der Waals surface area contributed by atoms with Crippen LogP contribution in [0.1, 0.15) is 103 Å². The predicted molar refractivity (Wildman–Crippen MR) is 435 cm³/mol. The van der Waals surface area contributed by atoms with Gasteiger partial charge in [0, 0.05) is 113 Å². The molecule has 4 amide bonds. The van der Waals surface area contributed by atoms with Crippen LogP contribution in [0.3, 0.4) is 0 Å². The summed E-state index contributed by atoms with van der Waals surface area (Å²) in [6, 6.07) is 55.2. The average Bonchev–Trinajstić information content (AvgIpc) is 1.61. The third-order valence-electron chi connectivity index (χ3n) is 19.7.